The highest BCUT2D eigenvalue weighted by Crippen LogP contribution is 2.43. The summed E-state index contributed by atoms with van der Waals surface area (Å²) in [7, 11) is 0. The van der Waals surface area contributed by atoms with Gasteiger partial charge in [-0.3, -0.25) is 4.98 Å². The Kier molecular flexibility index (Phi) is 5.50. The molecule has 2 aromatic carbocycles. The molecule has 0 aliphatic heterocycles. The van der Waals surface area contributed by atoms with E-state index in [0.717, 1.165) is 16.0 Å². The summed E-state index contributed by atoms with van der Waals surface area (Å²) in [4.78, 5) is 5.21. The maximum atomic E-state index is 6.33. The van der Waals surface area contributed by atoms with Gasteiger partial charge in [-0.2, -0.15) is 0 Å². The molecule has 0 N–H and O–H groups in total. The summed E-state index contributed by atoms with van der Waals surface area (Å²) in [5.41, 5.74) is 2.24. The number of hydrogen-bond donors (Lipinski definition) is 0. The number of pyridine rings is 1. The van der Waals surface area contributed by atoms with Crippen LogP contribution in [0.3, 0.4) is 0 Å². The lowest BCUT2D eigenvalue weighted by Gasteiger charge is -2.18. The molecular formula is C18H12Cl3NS. The molecule has 1 heterocycles. The molecule has 1 atom stereocenters. The van der Waals surface area contributed by atoms with E-state index < -0.39 is 0 Å². The van der Waals surface area contributed by atoms with Crippen molar-refractivity contribution in [3.63, 3.8) is 0 Å². The van der Waals surface area contributed by atoms with Gasteiger partial charge in [0.05, 0.1) is 10.3 Å². The third kappa shape index (κ3) is 4.21. The number of thioether (sulfide) groups is 1. The highest BCUT2D eigenvalue weighted by molar-refractivity contribution is 7.99. The molecule has 0 saturated heterocycles. The van der Waals surface area contributed by atoms with Crippen molar-refractivity contribution in [3.05, 3.63) is 93.2 Å². The zero-order valence-electron chi connectivity index (χ0n) is 11.9. The first-order valence-electron chi connectivity index (χ1n) is 6.90. The Bertz CT molecular complexity index is 791. The van der Waals surface area contributed by atoms with Gasteiger partial charge in [0, 0.05) is 27.3 Å². The predicted molar refractivity (Wildman–Crippen MR) is 99.9 cm³/mol. The van der Waals surface area contributed by atoms with Gasteiger partial charge in [0.15, 0.2) is 0 Å². The lowest BCUT2D eigenvalue weighted by molar-refractivity contribution is 1.11. The Morgan fingerprint density at radius 2 is 1.57 bits per heavy atom. The first-order chi connectivity index (χ1) is 11.1. The van der Waals surface area contributed by atoms with Crippen LogP contribution in [0.2, 0.25) is 15.1 Å². The fourth-order valence-corrected chi connectivity index (χ4v) is 4.00. The molecule has 0 saturated carbocycles. The summed E-state index contributed by atoms with van der Waals surface area (Å²) < 4.78 is 0. The van der Waals surface area contributed by atoms with E-state index in [-0.39, 0.29) is 5.25 Å². The van der Waals surface area contributed by atoms with Gasteiger partial charge in [-0.15, -0.1) is 11.8 Å². The molecule has 23 heavy (non-hydrogen) atoms. The molecule has 116 valence electrons. The normalized spacial score (nSPS) is 12.1. The molecular weight excluding hydrogens is 369 g/mol. The topological polar surface area (TPSA) is 12.9 Å². The fourth-order valence-electron chi connectivity index (χ4n) is 2.19. The van der Waals surface area contributed by atoms with Gasteiger partial charge in [0.25, 0.3) is 0 Å². The van der Waals surface area contributed by atoms with Crippen molar-refractivity contribution in [2.24, 2.45) is 0 Å². The van der Waals surface area contributed by atoms with Crippen LogP contribution in [-0.4, -0.2) is 4.98 Å². The molecule has 3 rings (SSSR count). The van der Waals surface area contributed by atoms with E-state index in [1.54, 1.807) is 24.0 Å². The number of halogens is 3. The molecule has 3 aromatic rings. The average molecular weight is 381 g/mol. The first-order valence-corrected chi connectivity index (χ1v) is 8.92. The standard InChI is InChI=1S/C18H12Cl3NS/c19-14-5-3-12(4-6-14)18(13-2-1-9-22-11-13)23-17-8-7-15(20)10-16(17)21/h1-11,18H. The van der Waals surface area contributed by atoms with Gasteiger partial charge >= 0.3 is 0 Å². The fraction of sp³-hybridized carbons (Fsp3) is 0.0556. The van der Waals surface area contributed by atoms with Gasteiger partial charge in [-0.25, -0.2) is 0 Å². The average Bonchev–Trinajstić information content (AvgIpc) is 2.56. The molecule has 5 heteroatoms. The first kappa shape index (κ1) is 16.7. The van der Waals surface area contributed by atoms with Crippen molar-refractivity contribution in [2.45, 2.75) is 10.1 Å². The van der Waals surface area contributed by atoms with Crippen molar-refractivity contribution >= 4 is 46.6 Å². The van der Waals surface area contributed by atoms with Gasteiger partial charge in [-0.05, 0) is 47.5 Å². The van der Waals surface area contributed by atoms with E-state index in [2.05, 4.69) is 11.1 Å². The monoisotopic (exact) mass is 379 g/mol. The third-order valence-corrected chi connectivity index (χ3v) is 5.60. The number of nitrogens with zero attached hydrogens (tertiary/aromatic N) is 1. The van der Waals surface area contributed by atoms with Crippen LogP contribution >= 0.6 is 46.6 Å². The van der Waals surface area contributed by atoms with Gasteiger partial charge in [-0.1, -0.05) is 53.0 Å². The van der Waals surface area contributed by atoms with Gasteiger partial charge in [0.2, 0.25) is 0 Å². The van der Waals surface area contributed by atoms with E-state index in [0.29, 0.717) is 15.1 Å². The highest BCUT2D eigenvalue weighted by atomic mass is 35.5. The van der Waals surface area contributed by atoms with Gasteiger partial charge < -0.3 is 0 Å². The summed E-state index contributed by atoms with van der Waals surface area (Å²) in [5, 5.41) is 2.06. The predicted octanol–water partition coefficient (Wildman–Crippen LogP) is 6.92. The maximum Gasteiger partial charge on any atom is 0.0609 e. The molecule has 1 unspecified atom stereocenters. The van der Waals surface area contributed by atoms with Crippen molar-refractivity contribution in [1.82, 2.24) is 4.98 Å². The number of aromatic nitrogens is 1. The van der Waals surface area contributed by atoms with Crippen molar-refractivity contribution in [3.8, 4) is 0 Å². The summed E-state index contributed by atoms with van der Waals surface area (Å²) in [5.74, 6) is 0. The molecule has 0 bridgehead atoms. The lowest BCUT2D eigenvalue weighted by Crippen LogP contribution is -1.97. The minimum absolute atomic E-state index is 0.0691. The molecule has 1 aromatic heterocycles. The van der Waals surface area contributed by atoms with E-state index >= 15 is 0 Å². The van der Waals surface area contributed by atoms with Crippen LogP contribution < -0.4 is 0 Å². The van der Waals surface area contributed by atoms with Crippen LogP contribution in [-0.2, 0) is 0 Å². The second kappa shape index (κ2) is 7.59. The lowest BCUT2D eigenvalue weighted by atomic mass is 10.1. The smallest absolute Gasteiger partial charge is 0.0609 e. The quantitative estimate of drug-likeness (QED) is 0.455. The second-order valence-corrected chi connectivity index (χ2v) is 7.34. The Morgan fingerprint density at radius 3 is 2.22 bits per heavy atom. The number of benzene rings is 2. The van der Waals surface area contributed by atoms with Crippen molar-refractivity contribution in [1.29, 1.82) is 0 Å². The van der Waals surface area contributed by atoms with Crippen LogP contribution in [0.1, 0.15) is 16.4 Å². The number of rotatable bonds is 4. The van der Waals surface area contributed by atoms with Crippen LogP contribution in [0.5, 0.6) is 0 Å². The molecule has 0 fully saturated rings. The van der Waals surface area contributed by atoms with Crippen LogP contribution in [0.25, 0.3) is 0 Å². The van der Waals surface area contributed by atoms with Crippen LogP contribution in [0.15, 0.2) is 71.9 Å². The Labute approximate surface area is 154 Å². The van der Waals surface area contributed by atoms with Gasteiger partial charge in [0.1, 0.15) is 0 Å². The highest BCUT2D eigenvalue weighted by Gasteiger charge is 2.17. The van der Waals surface area contributed by atoms with E-state index in [9.17, 15) is 0 Å². The molecule has 0 aliphatic rings. The third-order valence-electron chi connectivity index (χ3n) is 3.30. The molecule has 1 nitrogen and oxygen atoms in total. The second-order valence-electron chi connectivity index (χ2n) is 4.91. The van der Waals surface area contributed by atoms with E-state index in [1.807, 2.05) is 48.7 Å². The maximum absolute atomic E-state index is 6.33. The van der Waals surface area contributed by atoms with Crippen molar-refractivity contribution in [2.75, 3.05) is 0 Å². The van der Waals surface area contributed by atoms with Crippen LogP contribution in [0.4, 0.5) is 0 Å². The Morgan fingerprint density at radius 1 is 0.826 bits per heavy atom. The summed E-state index contributed by atoms with van der Waals surface area (Å²) in [6, 6.07) is 17.4. The zero-order valence-corrected chi connectivity index (χ0v) is 15.0. The minimum Gasteiger partial charge on any atom is -0.264 e. The Hall–Kier alpha value is -1.19. The Balaban J connectivity index is 2.00. The summed E-state index contributed by atoms with van der Waals surface area (Å²) >= 11 is 20.0. The molecule has 0 spiro atoms. The molecule has 0 amide bonds. The minimum atomic E-state index is 0.0691. The molecule has 0 aliphatic carbocycles. The summed E-state index contributed by atoms with van der Waals surface area (Å²) in [6.45, 7) is 0. The largest absolute Gasteiger partial charge is 0.264 e. The molecule has 0 radical (unpaired) electrons. The van der Waals surface area contributed by atoms with Crippen molar-refractivity contribution < 1.29 is 0 Å². The number of hydrogen-bond acceptors (Lipinski definition) is 2. The van der Waals surface area contributed by atoms with E-state index in [1.165, 1.54) is 0 Å². The zero-order chi connectivity index (χ0) is 16.2. The summed E-state index contributed by atoms with van der Waals surface area (Å²) in [6.07, 6.45) is 3.64. The van der Waals surface area contributed by atoms with Crippen LogP contribution in [0, 0.1) is 0 Å². The van der Waals surface area contributed by atoms with E-state index in [4.69, 9.17) is 34.8 Å². The SMILES string of the molecule is Clc1ccc(C(Sc2ccc(Cl)cc2Cl)c2cccnc2)cc1.